The second-order valence-corrected chi connectivity index (χ2v) is 10.8. The highest BCUT2D eigenvalue weighted by Gasteiger charge is 2.44. The van der Waals surface area contributed by atoms with Gasteiger partial charge < -0.3 is 5.32 Å². The monoisotopic (exact) mass is 342 g/mol. The first-order valence-corrected chi connectivity index (χ1v) is 11.2. The zero-order chi connectivity index (χ0) is 16.5. The van der Waals surface area contributed by atoms with Gasteiger partial charge in [0.15, 0.2) is 0 Å². The van der Waals surface area contributed by atoms with Crippen LogP contribution in [0.5, 0.6) is 0 Å². The molecule has 3 aliphatic rings. The van der Waals surface area contributed by atoms with Gasteiger partial charge in [0, 0.05) is 25.2 Å². The molecule has 0 bridgehead atoms. The van der Waals surface area contributed by atoms with Crippen LogP contribution in [0.15, 0.2) is 0 Å². The molecule has 1 spiro atoms. The number of hydrogen-bond acceptors (Lipinski definition) is 3. The van der Waals surface area contributed by atoms with Crippen molar-refractivity contribution in [2.75, 3.05) is 13.1 Å². The maximum atomic E-state index is 12.3. The van der Waals surface area contributed by atoms with E-state index in [1.165, 1.54) is 51.4 Å². The van der Waals surface area contributed by atoms with Gasteiger partial charge in [-0.1, -0.05) is 25.7 Å². The molecule has 2 aliphatic carbocycles. The number of nitrogens with zero attached hydrogens (tertiary/aromatic N) is 1. The second-order valence-electron chi connectivity index (χ2n) is 8.30. The largest absolute Gasteiger partial charge is 0.311 e. The molecule has 0 aromatic heterocycles. The second kappa shape index (κ2) is 7.01. The highest BCUT2D eigenvalue weighted by atomic mass is 32.2. The Morgan fingerprint density at radius 1 is 0.957 bits per heavy atom. The lowest BCUT2D eigenvalue weighted by atomic mass is 9.70. The molecule has 1 saturated heterocycles. The number of rotatable bonds is 4. The first-order valence-electron chi connectivity index (χ1n) is 9.69. The normalized spacial score (nSPS) is 30.3. The zero-order valence-electron chi connectivity index (χ0n) is 14.9. The maximum Gasteiger partial charge on any atom is 0.216 e. The smallest absolute Gasteiger partial charge is 0.216 e. The third-order valence-corrected chi connectivity index (χ3v) is 8.88. The predicted octanol–water partition coefficient (Wildman–Crippen LogP) is 3.28. The third-order valence-electron chi connectivity index (χ3n) is 6.60. The van der Waals surface area contributed by atoms with Gasteiger partial charge in [0.1, 0.15) is 0 Å². The van der Waals surface area contributed by atoms with E-state index in [0.29, 0.717) is 30.6 Å². The molecule has 134 valence electrons. The van der Waals surface area contributed by atoms with Gasteiger partial charge in [-0.25, -0.2) is 12.7 Å². The van der Waals surface area contributed by atoms with E-state index in [9.17, 15) is 8.42 Å². The van der Waals surface area contributed by atoms with E-state index in [2.05, 4.69) is 5.32 Å². The van der Waals surface area contributed by atoms with Gasteiger partial charge in [-0.15, -0.1) is 0 Å². The first kappa shape index (κ1) is 17.7. The Bertz CT molecular complexity index is 489. The van der Waals surface area contributed by atoms with Gasteiger partial charge in [-0.2, -0.15) is 0 Å². The molecule has 3 fully saturated rings. The molecule has 0 aromatic carbocycles. The molecule has 1 unspecified atom stereocenters. The Morgan fingerprint density at radius 2 is 1.57 bits per heavy atom. The summed E-state index contributed by atoms with van der Waals surface area (Å²) < 4.78 is 26.3. The van der Waals surface area contributed by atoms with E-state index in [1.54, 1.807) is 18.2 Å². The minimum atomic E-state index is -3.07. The van der Waals surface area contributed by atoms with Crippen LogP contribution in [0.3, 0.4) is 0 Å². The van der Waals surface area contributed by atoms with Crippen LogP contribution in [0.4, 0.5) is 0 Å². The molecule has 2 saturated carbocycles. The Hall–Kier alpha value is -0.130. The maximum absolute atomic E-state index is 12.3. The quantitative estimate of drug-likeness (QED) is 0.853. The average molecular weight is 343 g/mol. The highest BCUT2D eigenvalue weighted by molar-refractivity contribution is 7.89. The lowest BCUT2D eigenvalue weighted by Crippen LogP contribution is -2.52. The van der Waals surface area contributed by atoms with Gasteiger partial charge in [-0.05, 0) is 57.8 Å². The summed E-state index contributed by atoms with van der Waals surface area (Å²) in [6.45, 7) is 4.95. The van der Waals surface area contributed by atoms with Gasteiger partial charge in [0.25, 0.3) is 0 Å². The lowest BCUT2D eigenvalue weighted by molar-refractivity contribution is 0.131. The number of sulfonamides is 1. The van der Waals surface area contributed by atoms with E-state index >= 15 is 0 Å². The van der Waals surface area contributed by atoms with Crippen LogP contribution in [0.2, 0.25) is 0 Å². The van der Waals surface area contributed by atoms with Crippen LogP contribution in [0.25, 0.3) is 0 Å². The average Bonchev–Trinajstić information content (AvgIpc) is 2.90. The van der Waals surface area contributed by atoms with Gasteiger partial charge in [0.2, 0.25) is 10.0 Å². The van der Waals surface area contributed by atoms with E-state index in [-0.39, 0.29) is 5.25 Å². The molecule has 5 heteroatoms. The highest BCUT2D eigenvalue weighted by Crippen LogP contribution is 2.49. The van der Waals surface area contributed by atoms with Crippen LogP contribution < -0.4 is 5.32 Å². The number of hydrogen-bond donors (Lipinski definition) is 1. The third kappa shape index (κ3) is 3.62. The molecule has 1 atom stereocenters. The summed E-state index contributed by atoms with van der Waals surface area (Å²) >= 11 is 0. The van der Waals surface area contributed by atoms with E-state index in [1.807, 2.05) is 0 Å². The summed E-state index contributed by atoms with van der Waals surface area (Å²) in [7, 11) is -3.07. The van der Waals surface area contributed by atoms with Crippen molar-refractivity contribution < 1.29 is 8.42 Å². The van der Waals surface area contributed by atoms with Crippen molar-refractivity contribution in [3.05, 3.63) is 0 Å². The molecule has 0 amide bonds. The Balaban J connectivity index is 1.55. The fourth-order valence-electron chi connectivity index (χ4n) is 5.11. The molecule has 1 N–H and O–H groups in total. The molecule has 0 radical (unpaired) electrons. The van der Waals surface area contributed by atoms with Crippen molar-refractivity contribution in [2.45, 2.75) is 95.4 Å². The standard InChI is InChI=1S/C18H34N2O2S/c1-15(2)23(21,22)20-13-8-16(9-14-20)19-17-7-6-12-18(17)10-4-3-5-11-18/h15-17,19H,3-14H2,1-2H3. The van der Waals surface area contributed by atoms with Crippen molar-refractivity contribution in [1.82, 2.24) is 9.62 Å². The molecular formula is C18H34N2O2S. The van der Waals surface area contributed by atoms with Gasteiger partial charge >= 0.3 is 0 Å². The Labute approximate surface area is 142 Å². The molecule has 23 heavy (non-hydrogen) atoms. The van der Waals surface area contributed by atoms with Crippen LogP contribution in [-0.4, -0.2) is 43.1 Å². The molecule has 1 heterocycles. The minimum absolute atomic E-state index is 0.299. The summed E-state index contributed by atoms with van der Waals surface area (Å²) in [5.41, 5.74) is 0.569. The van der Waals surface area contributed by atoms with Crippen molar-refractivity contribution >= 4 is 10.0 Å². The fourth-order valence-corrected chi connectivity index (χ4v) is 6.43. The minimum Gasteiger partial charge on any atom is -0.311 e. The molecule has 0 aromatic rings. The Morgan fingerprint density at radius 3 is 2.17 bits per heavy atom. The predicted molar refractivity (Wildman–Crippen MR) is 94.9 cm³/mol. The summed E-state index contributed by atoms with van der Waals surface area (Å²) in [6.07, 6.45) is 13.1. The van der Waals surface area contributed by atoms with Crippen LogP contribution >= 0.6 is 0 Å². The zero-order valence-corrected chi connectivity index (χ0v) is 15.7. The van der Waals surface area contributed by atoms with E-state index < -0.39 is 10.0 Å². The van der Waals surface area contributed by atoms with Gasteiger partial charge in [0.05, 0.1) is 5.25 Å². The molecule has 1 aliphatic heterocycles. The SMILES string of the molecule is CC(C)S(=O)(=O)N1CCC(NC2CCCC23CCCCC3)CC1. The van der Waals surface area contributed by atoms with E-state index in [0.717, 1.165) is 12.8 Å². The summed E-state index contributed by atoms with van der Waals surface area (Å²) in [6, 6.07) is 1.19. The van der Waals surface area contributed by atoms with Gasteiger partial charge in [-0.3, -0.25) is 0 Å². The van der Waals surface area contributed by atoms with E-state index in [4.69, 9.17) is 0 Å². The fraction of sp³-hybridized carbons (Fsp3) is 1.00. The van der Waals surface area contributed by atoms with Crippen LogP contribution in [-0.2, 0) is 10.0 Å². The Kier molecular flexibility index (Phi) is 5.39. The van der Waals surface area contributed by atoms with Crippen molar-refractivity contribution in [3.63, 3.8) is 0 Å². The van der Waals surface area contributed by atoms with Crippen LogP contribution in [0, 0.1) is 5.41 Å². The summed E-state index contributed by atoms with van der Waals surface area (Å²) in [4.78, 5) is 0. The number of piperidine rings is 1. The van der Waals surface area contributed by atoms with Crippen molar-refractivity contribution in [3.8, 4) is 0 Å². The molecule has 3 rings (SSSR count). The van der Waals surface area contributed by atoms with Crippen molar-refractivity contribution in [2.24, 2.45) is 5.41 Å². The van der Waals surface area contributed by atoms with Crippen molar-refractivity contribution in [1.29, 1.82) is 0 Å². The van der Waals surface area contributed by atoms with Crippen LogP contribution in [0.1, 0.15) is 78.1 Å². The lowest BCUT2D eigenvalue weighted by Gasteiger charge is -2.42. The molecular weight excluding hydrogens is 308 g/mol. The summed E-state index contributed by atoms with van der Waals surface area (Å²) in [5, 5.41) is 3.66. The number of nitrogens with one attached hydrogen (secondary N) is 1. The topological polar surface area (TPSA) is 49.4 Å². The first-order chi connectivity index (χ1) is 10.9. The molecule has 4 nitrogen and oxygen atoms in total. The summed E-state index contributed by atoms with van der Waals surface area (Å²) in [5.74, 6) is 0.